The molecule has 0 aliphatic heterocycles. The molecule has 0 saturated heterocycles. The van der Waals surface area contributed by atoms with Crippen molar-refractivity contribution in [2.45, 2.75) is 162 Å². The quantitative estimate of drug-likeness (QED) is 0.0526. The van der Waals surface area contributed by atoms with E-state index in [1.54, 1.807) is 0 Å². The van der Waals surface area contributed by atoms with Crippen molar-refractivity contribution in [3.8, 4) is 0 Å². The van der Waals surface area contributed by atoms with Gasteiger partial charge in [0.05, 0.1) is 5.41 Å². The maximum atomic E-state index is 13.0. The second-order valence-corrected chi connectivity index (χ2v) is 14.7. The van der Waals surface area contributed by atoms with Gasteiger partial charge in [0, 0.05) is 31.8 Å². The van der Waals surface area contributed by atoms with Gasteiger partial charge in [0.25, 0.3) is 5.24 Å². The lowest BCUT2D eigenvalue weighted by Crippen LogP contribution is -2.31. The molecular weight excluding hydrogens is 609 g/mol. The molecule has 7 nitrogen and oxygen atoms in total. The first-order valence-electron chi connectivity index (χ1n) is 19.0. The number of carboxylic acids is 2. The highest BCUT2D eigenvalue weighted by molar-refractivity contribution is 8.13. The van der Waals surface area contributed by atoms with Crippen LogP contribution in [0.2, 0.25) is 0 Å². The fraction of sp³-hybridized carbons (Fsp3) is 0.821. The number of carbonyl (C=O) groups excluding carboxylic acids is 1. The maximum absolute atomic E-state index is 13.0. The van der Waals surface area contributed by atoms with Crippen LogP contribution in [0.5, 0.6) is 0 Å². The molecule has 47 heavy (non-hydrogen) atoms. The number of amides is 1. The van der Waals surface area contributed by atoms with Crippen LogP contribution in [0.25, 0.3) is 0 Å². The zero-order chi connectivity index (χ0) is 35.0. The van der Waals surface area contributed by atoms with E-state index in [0.29, 0.717) is 25.7 Å². The molecule has 0 aromatic rings. The molecule has 0 bridgehead atoms. The van der Waals surface area contributed by atoms with Crippen molar-refractivity contribution in [2.24, 2.45) is 5.41 Å². The number of carbonyl (C=O) groups is 3. The summed E-state index contributed by atoms with van der Waals surface area (Å²) in [6.07, 6.45) is 30.8. The maximum Gasteiger partial charge on any atom is 0.310 e. The molecule has 0 aliphatic carbocycles. The van der Waals surface area contributed by atoms with E-state index >= 15 is 0 Å². The molecule has 0 atom stereocenters. The number of thioether (sulfide) groups is 1. The second kappa shape index (κ2) is 31.5. The number of rotatable bonds is 33. The minimum atomic E-state index is -0.755. The van der Waals surface area contributed by atoms with E-state index in [9.17, 15) is 19.5 Å². The standard InChI is InChI=1S/C39H72N2O5S/c1-5-7-9-11-13-17-23-29-39(37(44)45,30-24-18-14-12-10-8-6-2)31-25-19-21-27-33-41(38(46)47-35-34-40(3)4)32-26-20-15-16-22-28-36(42)43/h17-18,23-24H,5-16,19-22,25-35H2,1-4H3,(H,42,43)(H,44,45)/b23-17-,24-18-. The van der Waals surface area contributed by atoms with Crippen LogP contribution < -0.4 is 0 Å². The summed E-state index contributed by atoms with van der Waals surface area (Å²) in [5.74, 6) is -0.645. The smallest absolute Gasteiger partial charge is 0.310 e. The van der Waals surface area contributed by atoms with Gasteiger partial charge in [0.15, 0.2) is 0 Å². The van der Waals surface area contributed by atoms with Crippen LogP contribution in [0.1, 0.15) is 162 Å². The summed E-state index contributed by atoms with van der Waals surface area (Å²) < 4.78 is 0. The third-order valence-electron chi connectivity index (χ3n) is 8.93. The van der Waals surface area contributed by atoms with Gasteiger partial charge in [0.1, 0.15) is 0 Å². The van der Waals surface area contributed by atoms with E-state index in [-0.39, 0.29) is 11.7 Å². The molecule has 0 spiro atoms. The summed E-state index contributed by atoms with van der Waals surface area (Å²) in [6.45, 7) is 6.77. The molecular formula is C39H72N2O5S. The van der Waals surface area contributed by atoms with Crippen LogP contribution in [0.15, 0.2) is 24.3 Å². The zero-order valence-electron chi connectivity index (χ0n) is 30.8. The first-order valence-corrected chi connectivity index (χ1v) is 20.0. The van der Waals surface area contributed by atoms with Gasteiger partial charge in [-0.1, -0.05) is 127 Å². The first-order chi connectivity index (χ1) is 22.7. The summed E-state index contributed by atoms with van der Waals surface area (Å²) in [4.78, 5) is 40.5. The third-order valence-corrected chi connectivity index (χ3v) is 9.82. The molecule has 2 N–H and O–H groups in total. The van der Waals surface area contributed by atoms with Crippen molar-refractivity contribution in [1.82, 2.24) is 9.80 Å². The Morgan fingerprint density at radius 2 is 1.11 bits per heavy atom. The molecule has 1 amide bonds. The number of nitrogens with zero attached hydrogens (tertiary/aromatic N) is 2. The van der Waals surface area contributed by atoms with Gasteiger partial charge >= 0.3 is 11.9 Å². The van der Waals surface area contributed by atoms with Crippen molar-refractivity contribution >= 4 is 28.9 Å². The monoisotopic (exact) mass is 681 g/mol. The topological polar surface area (TPSA) is 98.2 Å². The molecule has 0 unspecified atom stereocenters. The van der Waals surface area contributed by atoms with E-state index in [2.05, 4.69) is 43.1 Å². The number of unbranched alkanes of at least 4 members (excludes halogenated alkanes) is 15. The molecule has 0 heterocycles. The Kier molecular flexibility index (Phi) is 30.3. The summed E-state index contributed by atoms with van der Waals surface area (Å²) >= 11 is 1.39. The van der Waals surface area contributed by atoms with Crippen LogP contribution >= 0.6 is 11.8 Å². The van der Waals surface area contributed by atoms with E-state index in [1.165, 1.54) is 63.1 Å². The van der Waals surface area contributed by atoms with Crippen LogP contribution in [-0.2, 0) is 9.59 Å². The Balaban J connectivity index is 4.99. The second-order valence-electron chi connectivity index (χ2n) is 13.6. The summed E-state index contributed by atoms with van der Waals surface area (Å²) in [5.41, 5.74) is -0.755. The van der Waals surface area contributed by atoms with Gasteiger partial charge in [0.2, 0.25) is 0 Å². The SMILES string of the molecule is CCCCCC/C=C\CC(C/C=C\CCCCCC)(CCCCCCN(CCCCCCCC(=O)O)C(=O)SCCN(C)C)C(=O)O. The molecule has 0 rings (SSSR count). The fourth-order valence-electron chi connectivity index (χ4n) is 5.73. The van der Waals surface area contributed by atoms with Crippen molar-refractivity contribution < 1.29 is 24.6 Å². The Bertz CT molecular complexity index is 821. The zero-order valence-corrected chi connectivity index (χ0v) is 31.6. The predicted octanol–water partition coefficient (Wildman–Crippen LogP) is 11.0. The normalized spacial score (nSPS) is 12.1. The average Bonchev–Trinajstić information content (AvgIpc) is 3.03. The molecule has 0 aliphatic rings. The molecule has 0 aromatic heterocycles. The molecule has 0 radical (unpaired) electrons. The number of hydrogen-bond acceptors (Lipinski definition) is 5. The third kappa shape index (κ3) is 26.8. The molecule has 274 valence electrons. The number of allylic oxidation sites excluding steroid dienone is 4. The van der Waals surface area contributed by atoms with Crippen molar-refractivity contribution in [1.29, 1.82) is 0 Å². The molecule has 0 saturated carbocycles. The van der Waals surface area contributed by atoms with Crippen LogP contribution in [0, 0.1) is 5.41 Å². The summed E-state index contributed by atoms with van der Waals surface area (Å²) in [7, 11) is 4.03. The lowest BCUT2D eigenvalue weighted by atomic mass is 9.76. The Morgan fingerprint density at radius 3 is 1.60 bits per heavy atom. The van der Waals surface area contributed by atoms with Crippen molar-refractivity contribution in [2.75, 3.05) is 39.5 Å². The van der Waals surface area contributed by atoms with Gasteiger partial charge in [-0.05, 0) is 78.3 Å². The highest BCUT2D eigenvalue weighted by Gasteiger charge is 2.35. The minimum Gasteiger partial charge on any atom is -0.481 e. The van der Waals surface area contributed by atoms with E-state index in [4.69, 9.17) is 5.11 Å². The van der Waals surface area contributed by atoms with Gasteiger partial charge in [-0.3, -0.25) is 14.4 Å². The Labute approximate surface area is 293 Å². The lowest BCUT2D eigenvalue weighted by Gasteiger charge is -2.27. The van der Waals surface area contributed by atoms with Crippen LogP contribution in [0.4, 0.5) is 4.79 Å². The molecule has 0 aromatic carbocycles. The highest BCUT2D eigenvalue weighted by Crippen LogP contribution is 2.35. The lowest BCUT2D eigenvalue weighted by molar-refractivity contribution is -0.149. The van der Waals surface area contributed by atoms with Crippen LogP contribution in [0.3, 0.4) is 0 Å². The van der Waals surface area contributed by atoms with Gasteiger partial charge < -0.3 is 20.0 Å². The largest absolute Gasteiger partial charge is 0.481 e. The summed E-state index contributed by atoms with van der Waals surface area (Å²) in [5, 5.41) is 19.4. The molecule has 0 fully saturated rings. The van der Waals surface area contributed by atoms with Crippen molar-refractivity contribution in [3.05, 3.63) is 24.3 Å². The van der Waals surface area contributed by atoms with Gasteiger partial charge in [-0.15, -0.1) is 0 Å². The van der Waals surface area contributed by atoms with Gasteiger partial charge in [-0.25, -0.2) is 0 Å². The van der Waals surface area contributed by atoms with Crippen molar-refractivity contribution in [3.63, 3.8) is 0 Å². The highest BCUT2D eigenvalue weighted by atomic mass is 32.2. The minimum absolute atomic E-state index is 0.144. The average molecular weight is 681 g/mol. The number of aliphatic carboxylic acids is 2. The van der Waals surface area contributed by atoms with Gasteiger partial charge in [-0.2, -0.15) is 0 Å². The van der Waals surface area contributed by atoms with E-state index in [1.807, 2.05) is 19.0 Å². The van der Waals surface area contributed by atoms with E-state index < -0.39 is 17.4 Å². The fourth-order valence-corrected chi connectivity index (χ4v) is 6.73. The Hall–Kier alpha value is -1.80. The molecule has 8 heteroatoms. The first kappa shape index (κ1) is 45.2. The van der Waals surface area contributed by atoms with Crippen LogP contribution in [-0.4, -0.2) is 76.7 Å². The van der Waals surface area contributed by atoms with E-state index in [0.717, 1.165) is 89.6 Å². The number of carboxylic acid groups (broad SMARTS) is 2. The number of hydrogen-bond donors (Lipinski definition) is 2. The summed E-state index contributed by atoms with van der Waals surface area (Å²) in [6, 6.07) is 0. The Morgan fingerprint density at radius 1 is 0.617 bits per heavy atom. The predicted molar refractivity (Wildman–Crippen MR) is 202 cm³/mol.